The Morgan fingerprint density at radius 1 is 1.42 bits per heavy atom. The maximum absolute atomic E-state index is 6.27. The second-order valence-corrected chi connectivity index (χ2v) is 6.40. The second kappa shape index (κ2) is 6.74. The summed E-state index contributed by atoms with van der Waals surface area (Å²) in [4.78, 5) is 2.57. The lowest BCUT2D eigenvalue weighted by molar-refractivity contribution is 0.125. The molecule has 2 rings (SSSR count). The highest BCUT2D eigenvalue weighted by molar-refractivity contribution is 6.30. The minimum atomic E-state index is 0.0882. The second-order valence-electron chi connectivity index (χ2n) is 5.96. The SMILES string of the molecule is CC1CCN(CCC(N)c2cccc(Cl)c2)C(C)C1. The summed E-state index contributed by atoms with van der Waals surface area (Å²) in [5.74, 6) is 0.868. The summed E-state index contributed by atoms with van der Waals surface area (Å²) in [5, 5.41) is 0.771. The number of halogens is 1. The van der Waals surface area contributed by atoms with Crippen molar-refractivity contribution in [2.24, 2.45) is 11.7 Å². The minimum Gasteiger partial charge on any atom is -0.324 e. The number of nitrogens with two attached hydrogens (primary N) is 1. The number of nitrogens with zero attached hydrogens (tertiary/aromatic N) is 1. The third-order valence-electron chi connectivity index (χ3n) is 4.28. The molecule has 1 fully saturated rings. The van der Waals surface area contributed by atoms with Crippen LogP contribution in [0.3, 0.4) is 0 Å². The van der Waals surface area contributed by atoms with E-state index in [4.69, 9.17) is 17.3 Å². The minimum absolute atomic E-state index is 0.0882. The van der Waals surface area contributed by atoms with E-state index in [1.165, 1.54) is 19.4 Å². The van der Waals surface area contributed by atoms with E-state index < -0.39 is 0 Å². The maximum Gasteiger partial charge on any atom is 0.0409 e. The van der Waals surface area contributed by atoms with Crippen molar-refractivity contribution in [1.29, 1.82) is 0 Å². The summed E-state index contributed by atoms with van der Waals surface area (Å²) in [6.45, 7) is 6.98. The molecule has 3 atom stereocenters. The van der Waals surface area contributed by atoms with Crippen LogP contribution in [-0.2, 0) is 0 Å². The lowest BCUT2D eigenvalue weighted by Crippen LogP contribution is -2.41. The first-order valence-electron chi connectivity index (χ1n) is 7.31. The molecule has 2 N–H and O–H groups in total. The fourth-order valence-electron chi connectivity index (χ4n) is 3.00. The van der Waals surface area contributed by atoms with Crippen LogP contribution < -0.4 is 5.73 Å². The van der Waals surface area contributed by atoms with Crippen LogP contribution in [0.25, 0.3) is 0 Å². The van der Waals surface area contributed by atoms with Gasteiger partial charge in [-0.15, -0.1) is 0 Å². The van der Waals surface area contributed by atoms with Gasteiger partial charge in [-0.1, -0.05) is 30.7 Å². The largest absolute Gasteiger partial charge is 0.324 e. The van der Waals surface area contributed by atoms with Crippen molar-refractivity contribution in [1.82, 2.24) is 4.90 Å². The van der Waals surface area contributed by atoms with Crippen molar-refractivity contribution in [2.75, 3.05) is 13.1 Å². The summed E-state index contributed by atoms with van der Waals surface area (Å²) in [5.41, 5.74) is 7.41. The zero-order chi connectivity index (χ0) is 13.8. The van der Waals surface area contributed by atoms with E-state index in [1.807, 2.05) is 18.2 Å². The summed E-state index contributed by atoms with van der Waals surface area (Å²) in [7, 11) is 0. The van der Waals surface area contributed by atoms with Gasteiger partial charge in [0.1, 0.15) is 0 Å². The third kappa shape index (κ3) is 4.20. The van der Waals surface area contributed by atoms with Gasteiger partial charge in [-0.05, 0) is 56.3 Å². The van der Waals surface area contributed by atoms with E-state index in [-0.39, 0.29) is 6.04 Å². The normalized spacial score (nSPS) is 26.3. The predicted octanol–water partition coefficient (Wildman–Crippen LogP) is 3.85. The Morgan fingerprint density at radius 2 is 2.21 bits per heavy atom. The van der Waals surface area contributed by atoms with Crippen molar-refractivity contribution < 1.29 is 0 Å². The Morgan fingerprint density at radius 3 is 2.89 bits per heavy atom. The molecule has 3 heteroatoms. The molecule has 0 saturated carbocycles. The number of benzene rings is 1. The standard InChI is InChI=1S/C16H25ClN2/c1-12-6-8-19(13(2)10-12)9-7-16(18)14-4-3-5-15(17)11-14/h3-5,11-13,16H,6-10,18H2,1-2H3. The van der Waals surface area contributed by atoms with Crippen LogP contribution in [0.2, 0.25) is 5.02 Å². The molecular formula is C16H25ClN2. The van der Waals surface area contributed by atoms with E-state index in [0.717, 1.165) is 29.5 Å². The van der Waals surface area contributed by atoms with Crippen molar-refractivity contribution in [3.63, 3.8) is 0 Å². The highest BCUT2D eigenvalue weighted by Gasteiger charge is 2.22. The molecule has 1 aromatic rings. The monoisotopic (exact) mass is 280 g/mol. The molecule has 106 valence electrons. The van der Waals surface area contributed by atoms with Crippen LogP contribution in [0.4, 0.5) is 0 Å². The highest BCUT2D eigenvalue weighted by atomic mass is 35.5. The molecular weight excluding hydrogens is 256 g/mol. The molecule has 0 spiro atoms. The fourth-order valence-corrected chi connectivity index (χ4v) is 3.20. The molecule has 1 saturated heterocycles. The van der Waals surface area contributed by atoms with Gasteiger partial charge in [0.05, 0.1) is 0 Å². The van der Waals surface area contributed by atoms with Gasteiger partial charge in [-0.25, -0.2) is 0 Å². The number of rotatable bonds is 4. The van der Waals surface area contributed by atoms with Gasteiger partial charge in [0.2, 0.25) is 0 Å². The van der Waals surface area contributed by atoms with Gasteiger partial charge in [0, 0.05) is 23.7 Å². The lowest BCUT2D eigenvalue weighted by atomic mass is 9.93. The van der Waals surface area contributed by atoms with Crippen molar-refractivity contribution in [3.05, 3.63) is 34.9 Å². The molecule has 3 unspecified atom stereocenters. The smallest absolute Gasteiger partial charge is 0.0409 e. The van der Waals surface area contributed by atoms with Crippen molar-refractivity contribution in [2.45, 2.75) is 45.2 Å². The maximum atomic E-state index is 6.27. The summed E-state index contributed by atoms with van der Waals surface area (Å²) >= 11 is 6.01. The van der Waals surface area contributed by atoms with Gasteiger partial charge in [-0.3, -0.25) is 0 Å². The zero-order valence-corrected chi connectivity index (χ0v) is 12.7. The first kappa shape index (κ1) is 14.8. The molecule has 1 aliphatic heterocycles. The van der Waals surface area contributed by atoms with Gasteiger partial charge in [0.15, 0.2) is 0 Å². The molecule has 1 aromatic carbocycles. The first-order valence-corrected chi connectivity index (χ1v) is 7.69. The van der Waals surface area contributed by atoms with E-state index >= 15 is 0 Å². The van der Waals surface area contributed by atoms with Crippen LogP contribution in [0.15, 0.2) is 24.3 Å². The topological polar surface area (TPSA) is 29.3 Å². The first-order chi connectivity index (χ1) is 9.06. The van der Waals surface area contributed by atoms with E-state index in [2.05, 4.69) is 24.8 Å². The van der Waals surface area contributed by atoms with Gasteiger partial charge in [0.25, 0.3) is 0 Å². The lowest BCUT2D eigenvalue weighted by Gasteiger charge is -2.37. The Hall–Kier alpha value is -0.570. The third-order valence-corrected chi connectivity index (χ3v) is 4.52. The average Bonchev–Trinajstić information content (AvgIpc) is 2.37. The average molecular weight is 281 g/mol. The van der Waals surface area contributed by atoms with E-state index in [0.29, 0.717) is 6.04 Å². The number of likely N-dealkylation sites (tertiary alicyclic amines) is 1. The van der Waals surface area contributed by atoms with Crippen LogP contribution in [-0.4, -0.2) is 24.0 Å². The summed E-state index contributed by atoms with van der Waals surface area (Å²) < 4.78 is 0. The van der Waals surface area contributed by atoms with Crippen LogP contribution >= 0.6 is 11.6 Å². The van der Waals surface area contributed by atoms with Crippen molar-refractivity contribution >= 4 is 11.6 Å². The van der Waals surface area contributed by atoms with Gasteiger partial charge >= 0.3 is 0 Å². The molecule has 0 amide bonds. The number of hydrogen-bond acceptors (Lipinski definition) is 2. The van der Waals surface area contributed by atoms with Crippen LogP contribution in [0.5, 0.6) is 0 Å². The quantitative estimate of drug-likeness (QED) is 0.908. The molecule has 1 aliphatic rings. The van der Waals surface area contributed by atoms with E-state index in [9.17, 15) is 0 Å². The molecule has 0 aliphatic carbocycles. The number of hydrogen-bond donors (Lipinski definition) is 1. The van der Waals surface area contributed by atoms with Gasteiger partial charge < -0.3 is 10.6 Å². The van der Waals surface area contributed by atoms with Crippen LogP contribution in [0, 0.1) is 5.92 Å². The highest BCUT2D eigenvalue weighted by Crippen LogP contribution is 2.24. The fraction of sp³-hybridized carbons (Fsp3) is 0.625. The Bertz CT molecular complexity index is 407. The van der Waals surface area contributed by atoms with Crippen molar-refractivity contribution in [3.8, 4) is 0 Å². The molecule has 0 bridgehead atoms. The molecule has 1 heterocycles. The van der Waals surface area contributed by atoms with E-state index in [1.54, 1.807) is 0 Å². The Kier molecular flexibility index (Phi) is 5.26. The van der Waals surface area contributed by atoms with Crippen LogP contribution in [0.1, 0.15) is 44.7 Å². The molecule has 0 radical (unpaired) electrons. The molecule has 0 aromatic heterocycles. The molecule has 19 heavy (non-hydrogen) atoms. The number of piperidine rings is 1. The van der Waals surface area contributed by atoms with Gasteiger partial charge in [-0.2, -0.15) is 0 Å². The molecule has 2 nitrogen and oxygen atoms in total. The predicted molar refractivity (Wildman–Crippen MR) is 82.4 cm³/mol. The Balaban J connectivity index is 1.85. The zero-order valence-electron chi connectivity index (χ0n) is 12.0. The summed E-state index contributed by atoms with van der Waals surface area (Å²) in [6, 6.07) is 8.70. The summed E-state index contributed by atoms with van der Waals surface area (Å²) in [6.07, 6.45) is 3.63. The Labute approximate surface area is 121 Å².